The van der Waals surface area contributed by atoms with Crippen LogP contribution in [0.25, 0.3) is 0 Å². The van der Waals surface area contributed by atoms with Gasteiger partial charge in [-0.1, -0.05) is 30.7 Å². The van der Waals surface area contributed by atoms with Gasteiger partial charge in [0.05, 0.1) is 23.0 Å². The van der Waals surface area contributed by atoms with E-state index >= 15 is 0 Å². The summed E-state index contributed by atoms with van der Waals surface area (Å²) in [4.78, 5) is 4.35. The standard InChI is InChI=1S/C23H31ClN2O2/c1-3-21-23(24)22(13-14-25-21)26-19-9-5-17(6-10-19)18-7-11-20(12-8-18)28-16-15-27-4-2/h7-8,11-14,17,19H,3-6,9-10,15-16H2,1-2H3,(H,25,26). The van der Waals surface area contributed by atoms with E-state index < -0.39 is 0 Å². The Kier molecular flexibility index (Phi) is 7.99. The molecule has 0 bridgehead atoms. The molecule has 3 rings (SSSR count). The molecule has 1 saturated carbocycles. The van der Waals surface area contributed by atoms with Crippen molar-refractivity contribution in [1.82, 2.24) is 4.98 Å². The highest BCUT2D eigenvalue weighted by Crippen LogP contribution is 2.35. The third-order valence-corrected chi connectivity index (χ3v) is 5.86. The van der Waals surface area contributed by atoms with Gasteiger partial charge in [0.2, 0.25) is 0 Å². The number of benzene rings is 1. The molecule has 4 nitrogen and oxygen atoms in total. The highest BCUT2D eigenvalue weighted by molar-refractivity contribution is 6.33. The van der Waals surface area contributed by atoms with Crippen molar-refractivity contribution in [3.63, 3.8) is 0 Å². The lowest BCUT2D eigenvalue weighted by molar-refractivity contribution is 0.110. The van der Waals surface area contributed by atoms with Crippen molar-refractivity contribution in [2.45, 2.75) is 57.9 Å². The normalized spacial score (nSPS) is 19.4. The molecule has 2 aromatic rings. The minimum atomic E-state index is 0.474. The molecular weight excluding hydrogens is 372 g/mol. The average molecular weight is 403 g/mol. The van der Waals surface area contributed by atoms with Crippen LogP contribution in [0.1, 0.15) is 56.7 Å². The summed E-state index contributed by atoms with van der Waals surface area (Å²) in [7, 11) is 0. The minimum absolute atomic E-state index is 0.474. The highest BCUT2D eigenvalue weighted by Gasteiger charge is 2.23. The third-order valence-electron chi connectivity index (χ3n) is 5.44. The lowest BCUT2D eigenvalue weighted by Gasteiger charge is -2.30. The first-order chi connectivity index (χ1) is 13.7. The Hall–Kier alpha value is -1.78. The first-order valence-corrected chi connectivity index (χ1v) is 10.8. The van der Waals surface area contributed by atoms with Crippen LogP contribution in [0.3, 0.4) is 0 Å². The van der Waals surface area contributed by atoms with Crippen LogP contribution in [0, 0.1) is 0 Å². The van der Waals surface area contributed by atoms with Crippen LogP contribution >= 0.6 is 11.6 Å². The second kappa shape index (κ2) is 10.7. The Morgan fingerprint density at radius 1 is 1.04 bits per heavy atom. The van der Waals surface area contributed by atoms with Crippen molar-refractivity contribution in [2.24, 2.45) is 0 Å². The zero-order chi connectivity index (χ0) is 19.8. The molecule has 1 fully saturated rings. The number of hydrogen-bond donors (Lipinski definition) is 1. The van der Waals surface area contributed by atoms with Crippen LogP contribution in [-0.2, 0) is 11.2 Å². The Bertz CT molecular complexity index is 728. The molecule has 1 aromatic carbocycles. The molecule has 0 spiro atoms. The van der Waals surface area contributed by atoms with E-state index in [2.05, 4.69) is 41.5 Å². The van der Waals surface area contributed by atoms with Crippen molar-refractivity contribution in [3.8, 4) is 5.75 Å². The fourth-order valence-electron chi connectivity index (χ4n) is 3.84. The Morgan fingerprint density at radius 3 is 2.46 bits per heavy atom. The SMILES string of the molecule is CCOCCOc1ccc(C2CCC(Nc3ccnc(CC)c3Cl)CC2)cc1. The fraction of sp³-hybridized carbons (Fsp3) is 0.522. The molecule has 5 heteroatoms. The van der Waals surface area contributed by atoms with Gasteiger partial charge in [-0.05, 0) is 68.7 Å². The summed E-state index contributed by atoms with van der Waals surface area (Å²) in [6, 6.07) is 11.0. The summed E-state index contributed by atoms with van der Waals surface area (Å²) in [6.45, 7) is 6.04. The summed E-state index contributed by atoms with van der Waals surface area (Å²) >= 11 is 6.48. The van der Waals surface area contributed by atoms with Gasteiger partial charge in [-0.15, -0.1) is 0 Å². The average Bonchev–Trinajstić information content (AvgIpc) is 2.74. The zero-order valence-corrected chi connectivity index (χ0v) is 17.7. The quantitative estimate of drug-likeness (QED) is 0.534. The molecule has 1 aliphatic rings. The topological polar surface area (TPSA) is 43.4 Å². The van der Waals surface area contributed by atoms with E-state index in [1.54, 1.807) is 0 Å². The predicted molar refractivity (Wildman–Crippen MR) is 116 cm³/mol. The molecule has 152 valence electrons. The van der Waals surface area contributed by atoms with Crippen LogP contribution in [0.5, 0.6) is 5.75 Å². The van der Waals surface area contributed by atoms with Crippen LogP contribution in [0.15, 0.2) is 36.5 Å². The van der Waals surface area contributed by atoms with Gasteiger partial charge in [-0.25, -0.2) is 0 Å². The number of nitrogens with zero attached hydrogens (tertiary/aromatic N) is 1. The molecule has 28 heavy (non-hydrogen) atoms. The Balaban J connectivity index is 1.48. The van der Waals surface area contributed by atoms with Crippen LogP contribution < -0.4 is 10.1 Å². The number of rotatable bonds is 9. The third kappa shape index (κ3) is 5.62. The number of nitrogens with one attached hydrogen (secondary N) is 1. The second-order valence-electron chi connectivity index (χ2n) is 7.28. The second-order valence-corrected chi connectivity index (χ2v) is 7.66. The summed E-state index contributed by atoms with van der Waals surface area (Å²) in [5.74, 6) is 1.53. The smallest absolute Gasteiger partial charge is 0.119 e. The van der Waals surface area contributed by atoms with E-state index in [9.17, 15) is 0 Å². The minimum Gasteiger partial charge on any atom is -0.491 e. The summed E-state index contributed by atoms with van der Waals surface area (Å²) in [6.07, 6.45) is 7.37. The van der Waals surface area contributed by atoms with Crippen LogP contribution in [0.2, 0.25) is 5.02 Å². The molecule has 1 N–H and O–H groups in total. The van der Waals surface area contributed by atoms with Gasteiger partial charge < -0.3 is 14.8 Å². The largest absolute Gasteiger partial charge is 0.491 e. The van der Waals surface area contributed by atoms with E-state index in [0.29, 0.717) is 25.2 Å². The fourth-order valence-corrected chi connectivity index (χ4v) is 4.13. The van der Waals surface area contributed by atoms with Crippen molar-refractivity contribution in [3.05, 3.63) is 52.8 Å². The van der Waals surface area contributed by atoms with Crippen LogP contribution in [0.4, 0.5) is 5.69 Å². The van der Waals surface area contributed by atoms with Crippen molar-refractivity contribution in [2.75, 3.05) is 25.1 Å². The first-order valence-electron chi connectivity index (χ1n) is 10.4. The highest BCUT2D eigenvalue weighted by atomic mass is 35.5. The van der Waals surface area contributed by atoms with E-state index in [0.717, 1.165) is 48.0 Å². The molecular formula is C23H31ClN2O2. The number of ether oxygens (including phenoxy) is 2. The van der Waals surface area contributed by atoms with E-state index in [1.807, 2.05) is 19.2 Å². The summed E-state index contributed by atoms with van der Waals surface area (Å²) in [5, 5.41) is 4.41. The molecule has 0 saturated heterocycles. The lowest BCUT2D eigenvalue weighted by Crippen LogP contribution is -2.25. The number of hydrogen-bond acceptors (Lipinski definition) is 4. The summed E-state index contributed by atoms with van der Waals surface area (Å²) in [5.41, 5.74) is 3.39. The van der Waals surface area contributed by atoms with E-state index in [-0.39, 0.29) is 0 Å². The zero-order valence-electron chi connectivity index (χ0n) is 16.9. The Morgan fingerprint density at radius 2 is 1.79 bits per heavy atom. The molecule has 1 heterocycles. The van der Waals surface area contributed by atoms with Gasteiger partial charge in [0.25, 0.3) is 0 Å². The number of aryl methyl sites for hydroxylation is 1. The van der Waals surface area contributed by atoms with Crippen molar-refractivity contribution < 1.29 is 9.47 Å². The van der Waals surface area contributed by atoms with Gasteiger partial charge in [0.1, 0.15) is 12.4 Å². The van der Waals surface area contributed by atoms with Crippen LogP contribution in [-0.4, -0.2) is 30.8 Å². The summed E-state index contributed by atoms with van der Waals surface area (Å²) < 4.78 is 11.0. The molecule has 0 unspecified atom stereocenters. The Labute approximate surface area is 173 Å². The number of anilines is 1. The van der Waals surface area contributed by atoms with Gasteiger partial charge in [0, 0.05) is 18.8 Å². The maximum Gasteiger partial charge on any atom is 0.119 e. The van der Waals surface area contributed by atoms with Gasteiger partial charge in [-0.2, -0.15) is 0 Å². The maximum absolute atomic E-state index is 6.48. The number of halogens is 1. The lowest BCUT2D eigenvalue weighted by atomic mass is 9.81. The van der Waals surface area contributed by atoms with Gasteiger partial charge in [0.15, 0.2) is 0 Å². The first kappa shape index (κ1) is 20.9. The van der Waals surface area contributed by atoms with Crippen molar-refractivity contribution >= 4 is 17.3 Å². The molecule has 0 aliphatic heterocycles. The number of aromatic nitrogens is 1. The molecule has 0 radical (unpaired) electrons. The van der Waals surface area contributed by atoms with Gasteiger partial charge in [-0.3, -0.25) is 4.98 Å². The van der Waals surface area contributed by atoms with Gasteiger partial charge >= 0.3 is 0 Å². The van der Waals surface area contributed by atoms with E-state index in [1.165, 1.54) is 18.4 Å². The molecule has 1 aromatic heterocycles. The monoisotopic (exact) mass is 402 g/mol. The number of pyridine rings is 1. The molecule has 1 aliphatic carbocycles. The molecule has 0 atom stereocenters. The van der Waals surface area contributed by atoms with Crippen molar-refractivity contribution in [1.29, 1.82) is 0 Å². The molecule has 0 amide bonds. The maximum atomic E-state index is 6.48. The predicted octanol–water partition coefficient (Wildman–Crippen LogP) is 5.85. The van der Waals surface area contributed by atoms with E-state index in [4.69, 9.17) is 21.1 Å².